The van der Waals surface area contributed by atoms with Crippen LogP contribution in [-0.2, 0) is 16.8 Å². The van der Waals surface area contributed by atoms with E-state index in [1.54, 1.807) is 30.3 Å². The van der Waals surface area contributed by atoms with Gasteiger partial charge in [0.05, 0.1) is 16.7 Å². The van der Waals surface area contributed by atoms with E-state index in [-0.39, 0.29) is 34.1 Å². The zero-order chi connectivity index (χ0) is 32.5. The Morgan fingerprint density at radius 3 is 1.91 bits per heavy atom. The van der Waals surface area contributed by atoms with Crippen LogP contribution in [0, 0.1) is 0 Å². The number of carbonyl (C=O) groups is 2. The molecule has 2 aliphatic heterocycles. The molecule has 246 valence electrons. The Bertz CT molecular complexity index is 1530. The predicted molar refractivity (Wildman–Crippen MR) is 178 cm³/mol. The molecule has 7 nitrogen and oxygen atoms in total. The van der Waals surface area contributed by atoms with Crippen LogP contribution < -0.4 is 4.74 Å². The number of hydrogen-bond acceptors (Lipinski definition) is 6. The van der Waals surface area contributed by atoms with Crippen LogP contribution in [0.1, 0.15) is 153 Å². The normalized spacial score (nSPS) is 16.1. The second kappa shape index (κ2) is 15.5. The Morgan fingerprint density at radius 1 is 0.717 bits per heavy atom. The Balaban J connectivity index is 1.22. The number of aromatic hydroxyl groups is 2. The third-order valence-corrected chi connectivity index (χ3v) is 9.56. The summed E-state index contributed by atoms with van der Waals surface area (Å²) in [5, 5.41) is 31.9. The van der Waals surface area contributed by atoms with Gasteiger partial charge in [0.25, 0.3) is 0 Å². The third-order valence-electron chi connectivity index (χ3n) is 9.56. The van der Waals surface area contributed by atoms with Crippen LogP contribution in [0.25, 0.3) is 0 Å². The predicted octanol–water partition coefficient (Wildman–Crippen LogP) is 10.2. The summed E-state index contributed by atoms with van der Waals surface area (Å²) in [6, 6.07) is 12.8. The van der Waals surface area contributed by atoms with Crippen LogP contribution in [0.5, 0.6) is 23.0 Å². The van der Waals surface area contributed by atoms with E-state index in [9.17, 15) is 24.9 Å². The molecule has 0 bridgehead atoms. The molecule has 7 heteroatoms. The number of rotatable bonds is 18. The lowest BCUT2D eigenvalue weighted by Gasteiger charge is -2.38. The van der Waals surface area contributed by atoms with Gasteiger partial charge >= 0.3 is 11.9 Å². The Morgan fingerprint density at radius 2 is 1.30 bits per heavy atom. The number of fused-ring (bicyclic) bond motifs is 6. The van der Waals surface area contributed by atoms with Gasteiger partial charge in [0.1, 0.15) is 23.0 Å². The number of carboxylic acids is 1. The molecule has 0 fully saturated rings. The molecule has 2 heterocycles. The standard InChI is InChI=1S/C39H48O7/c1-2-3-4-5-6-7-8-9-10-11-12-13-14-15-16-17-21-29-32(41)26-34-36(35(29)37(42)43)39(31-24-23-27(40)25-33(31)45-34)30-22-19-18-20-28(30)38(44)46-39/h18-20,22-26,40-41H,2-17,21H2,1H3,(H,42,43). The number of aromatic carboxylic acids is 1. The SMILES string of the molecule is CCCCCCCCCCCCCCCCCCc1c(O)cc2c(c1C(=O)O)C1(OC(=O)c3ccccc31)c1ccc(O)cc1O2. The summed E-state index contributed by atoms with van der Waals surface area (Å²) in [6.45, 7) is 2.26. The van der Waals surface area contributed by atoms with Gasteiger partial charge in [-0.05, 0) is 31.0 Å². The van der Waals surface area contributed by atoms with Gasteiger partial charge in [-0.3, -0.25) is 0 Å². The van der Waals surface area contributed by atoms with Crippen molar-refractivity contribution in [2.24, 2.45) is 0 Å². The number of hydrogen-bond donors (Lipinski definition) is 3. The molecule has 0 amide bonds. The first-order valence-electron chi connectivity index (χ1n) is 17.3. The summed E-state index contributed by atoms with van der Waals surface area (Å²) in [5.74, 6) is -1.74. The molecule has 1 atom stereocenters. The highest BCUT2D eigenvalue weighted by atomic mass is 16.6. The Labute approximate surface area is 272 Å². The molecule has 3 aromatic rings. The van der Waals surface area contributed by atoms with E-state index in [2.05, 4.69) is 6.92 Å². The second-order valence-corrected chi connectivity index (χ2v) is 12.9. The van der Waals surface area contributed by atoms with Gasteiger partial charge in [-0.1, -0.05) is 121 Å². The monoisotopic (exact) mass is 628 g/mol. The van der Waals surface area contributed by atoms with Gasteiger partial charge in [0, 0.05) is 28.8 Å². The van der Waals surface area contributed by atoms with Gasteiger partial charge in [0.15, 0.2) is 5.60 Å². The summed E-state index contributed by atoms with van der Waals surface area (Å²) < 4.78 is 12.2. The summed E-state index contributed by atoms with van der Waals surface area (Å²) in [7, 11) is 0. The van der Waals surface area contributed by atoms with Crippen molar-refractivity contribution in [2.75, 3.05) is 0 Å². The fourth-order valence-electron chi connectivity index (χ4n) is 7.20. The number of carbonyl (C=O) groups excluding carboxylic acids is 1. The van der Waals surface area contributed by atoms with Crippen molar-refractivity contribution in [3.05, 3.63) is 81.9 Å². The molecule has 0 radical (unpaired) electrons. The minimum Gasteiger partial charge on any atom is -0.508 e. The number of benzene rings is 3. The van der Waals surface area contributed by atoms with Gasteiger partial charge in [-0.2, -0.15) is 0 Å². The zero-order valence-corrected chi connectivity index (χ0v) is 27.1. The first kappa shape index (κ1) is 33.4. The van der Waals surface area contributed by atoms with Crippen molar-refractivity contribution in [3.8, 4) is 23.0 Å². The first-order chi connectivity index (χ1) is 22.4. The quantitative estimate of drug-likeness (QED) is 0.0949. The minimum absolute atomic E-state index is 0.0576. The Hall–Kier alpha value is -4.00. The summed E-state index contributed by atoms with van der Waals surface area (Å²) in [4.78, 5) is 26.2. The lowest BCUT2D eigenvalue weighted by atomic mass is 9.74. The maximum atomic E-state index is 13.2. The van der Waals surface area contributed by atoms with Crippen molar-refractivity contribution < 1.29 is 34.4 Å². The van der Waals surface area contributed by atoms with Crippen molar-refractivity contribution in [1.82, 2.24) is 0 Å². The average Bonchev–Trinajstić information content (AvgIpc) is 3.33. The second-order valence-electron chi connectivity index (χ2n) is 12.9. The molecule has 0 saturated heterocycles. The number of phenols is 2. The number of carboxylic acid groups (broad SMARTS) is 1. The number of ether oxygens (including phenoxy) is 2. The van der Waals surface area contributed by atoms with E-state index in [1.807, 2.05) is 0 Å². The van der Waals surface area contributed by atoms with Crippen molar-refractivity contribution in [1.29, 1.82) is 0 Å². The molecule has 1 unspecified atom stereocenters. The molecule has 46 heavy (non-hydrogen) atoms. The number of esters is 1. The molecular weight excluding hydrogens is 580 g/mol. The largest absolute Gasteiger partial charge is 0.508 e. The molecule has 5 rings (SSSR count). The highest BCUT2D eigenvalue weighted by molar-refractivity contribution is 6.00. The van der Waals surface area contributed by atoms with Gasteiger partial charge in [-0.25, -0.2) is 9.59 Å². The molecule has 0 aliphatic carbocycles. The molecule has 3 N–H and O–H groups in total. The van der Waals surface area contributed by atoms with Crippen LogP contribution >= 0.6 is 0 Å². The fraction of sp³-hybridized carbons (Fsp3) is 0.487. The molecule has 0 aromatic heterocycles. The maximum absolute atomic E-state index is 13.2. The van der Waals surface area contributed by atoms with Crippen molar-refractivity contribution in [2.45, 2.75) is 122 Å². The average molecular weight is 629 g/mol. The van der Waals surface area contributed by atoms with E-state index in [0.29, 0.717) is 28.7 Å². The van der Waals surface area contributed by atoms with Gasteiger partial charge < -0.3 is 24.8 Å². The third kappa shape index (κ3) is 7.03. The van der Waals surface area contributed by atoms with Crippen LogP contribution in [0.4, 0.5) is 0 Å². The molecular formula is C39H48O7. The van der Waals surface area contributed by atoms with Crippen molar-refractivity contribution >= 4 is 11.9 Å². The topological polar surface area (TPSA) is 113 Å². The highest BCUT2D eigenvalue weighted by Gasteiger charge is 2.56. The molecule has 2 aliphatic rings. The van der Waals surface area contributed by atoms with Crippen molar-refractivity contribution in [3.63, 3.8) is 0 Å². The van der Waals surface area contributed by atoms with Crippen LogP contribution in [0.3, 0.4) is 0 Å². The van der Waals surface area contributed by atoms with Gasteiger partial charge in [0.2, 0.25) is 0 Å². The lowest BCUT2D eigenvalue weighted by molar-refractivity contribution is 0.0215. The number of unbranched alkanes of at least 4 members (excludes halogenated alkanes) is 15. The van der Waals surface area contributed by atoms with Crippen LogP contribution in [0.2, 0.25) is 0 Å². The number of phenolic OH excluding ortho intramolecular Hbond substituents is 2. The van der Waals surface area contributed by atoms with Crippen LogP contribution in [-0.4, -0.2) is 27.3 Å². The van der Waals surface area contributed by atoms with E-state index >= 15 is 0 Å². The minimum atomic E-state index is -1.60. The molecule has 1 spiro atoms. The van der Waals surface area contributed by atoms with E-state index < -0.39 is 17.5 Å². The Kier molecular flexibility index (Phi) is 11.3. The first-order valence-corrected chi connectivity index (χ1v) is 17.3. The lowest BCUT2D eigenvalue weighted by Crippen LogP contribution is -2.35. The smallest absolute Gasteiger partial charge is 0.340 e. The van der Waals surface area contributed by atoms with E-state index in [4.69, 9.17) is 9.47 Å². The fourth-order valence-corrected chi connectivity index (χ4v) is 7.20. The summed E-state index contributed by atoms with van der Waals surface area (Å²) >= 11 is 0. The maximum Gasteiger partial charge on any atom is 0.340 e. The molecule has 0 saturated carbocycles. The molecule has 3 aromatic carbocycles. The summed E-state index contributed by atoms with van der Waals surface area (Å²) in [5.41, 5.74) is 0.0193. The summed E-state index contributed by atoms with van der Waals surface area (Å²) in [6.07, 6.45) is 20.2. The zero-order valence-electron chi connectivity index (χ0n) is 27.1. The van der Waals surface area contributed by atoms with Gasteiger partial charge in [-0.15, -0.1) is 0 Å². The highest BCUT2D eigenvalue weighted by Crippen LogP contribution is 2.58. The van der Waals surface area contributed by atoms with E-state index in [0.717, 1.165) is 25.7 Å². The van der Waals surface area contributed by atoms with Crippen LogP contribution in [0.15, 0.2) is 48.5 Å². The van der Waals surface area contributed by atoms with E-state index in [1.165, 1.54) is 95.2 Å².